The maximum absolute atomic E-state index is 13.0. The Bertz CT molecular complexity index is 1240. The summed E-state index contributed by atoms with van der Waals surface area (Å²) in [4.78, 5) is 18.4. The number of fused-ring (bicyclic) bond motifs is 1. The van der Waals surface area contributed by atoms with Gasteiger partial charge in [-0.1, -0.05) is 35.6 Å². The first-order valence-corrected chi connectivity index (χ1v) is 12.4. The first kappa shape index (κ1) is 21.0. The molecule has 6 nitrogen and oxygen atoms in total. The van der Waals surface area contributed by atoms with Crippen LogP contribution in [0.2, 0.25) is 0 Å². The molecule has 1 amide bonds. The zero-order valence-electron chi connectivity index (χ0n) is 17.1. The lowest BCUT2D eigenvalue weighted by atomic mass is 9.99. The number of hydrogen-bond acceptors (Lipinski definition) is 4. The van der Waals surface area contributed by atoms with Gasteiger partial charge in [-0.25, -0.2) is 8.42 Å². The summed E-state index contributed by atoms with van der Waals surface area (Å²) in [5, 5.41) is 0. The Morgan fingerprint density at radius 2 is 1.97 bits per heavy atom. The predicted octanol–water partition coefficient (Wildman–Crippen LogP) is 3.56. The fourth-order valence-electron chi connectivity index (χ4n) is 3.86. The zero-order chi connectivity index (χ0) is 21.3. The number of nitrogens with zero attached hydrogens (tertiary/aromatic N) is 3. The molecule has 2 aromatic carbocycles. The van der Waals surface area contributed by atoms with Crippen molar-refractivity contribution < 1.29 is 13.2 Å². The van der Waals surface area contributed by atoms with Crippen molar-refractivity contribution in [1.82, 2.24) is 8.87 Å². The molecule has 0 aliphatic carbocycles. The standard InChI is InChI=1S/C22H25N3O3S2/c1-3-25-19-12-11-16(2)14-20(19)29-22(25)23-21(26)17-8-7-13-24(15-17)30(27,28)18-9-5-4-6-10-18/h4-6,9-12,14,17H,3,7-8,13,15H2,1-2H3. The third kappa shape index (κ3) is 3.99. The van der Waals surface area contributed by atoms with Gasteiger partial charge >= 0.3 is 0 Å². The van der Waals surface area contributed by atoms with Gasteiger partial charge in [-0.15, -0.1) is 0 Å². The lowest BCUT2D eigenvalue weighted by Crippen LogP contribution is -2.42. The van der Waals surface area contributed by atoms with Crippen LogP contribution in [-0.4, -0.2) is 36.3 Å². The van der Waals surface area contributed by atoms with E-state index in [1.807, 2.05) is 18.4 Å². The maximum Gasteiger partial charge on any atom is 0.252 e. The SMILES string of the molecule is CCn1c(=NC(=O)C2CCCN(S(=O)(=O)c3ccccc3)C2)sc2cc(C)ccc21. The minimum atomic E-state index is -3.60. The van der Waals surface area contributed by atoms with Crippen LogP contribution in [0.5, 0.6) is 0 Å². The molecule has 30 heavy (non-hydrogen) atoms. The molecule has 1 aliphatic rings. The summed E-state index contributed by atoms with van der Waals surface area (Å²) in [5.74, 6) is -0.664. The monoisotopic (exact) mass is 443 g/mol. The number of carbonyl (C=O) groups is 1. The van der Waals surface area contributed by atoms with Gasteiger partial charge in [0.1, 0.15) is 0 Å². The van der Waals surface area contributed by atoms with Crippen LogP contribution in [0.3, 0.4) is 0 Å². The summed E-state index contributed by atoms with van der Waals surface area (Å²) in [5.41, 5.74) is 2.23. The van der Waals surface area contributed by atoms with E-state index < -0.39 is 15.9 Å². The number of sulfonamides is 1. The molecule has 158 valence electrons. The number of benzene rings is 2. The van der Waals surface area contributed by atoms with Crippen LogP contribution in [0.25, 0.3) is 10.2 Å². The molecule has 0 bridgehead atoms. The molecule has 4 rings (SSSR count). The molecule has 1 fully saturated rings. The molecule has 0 N–H and O–H groups in total. The number of amides is 1. The smallest absolute Gasteiger partial charge is 0.252 e. The Balaban J connectivity index is 1.62. The van der Waals surface area contributed by atoms with Crippen molar-refractivity contribution in [3.63, 3.8) is 0 Å². The van der Waals surface area contributed by atoms with Crippen LogP contribution in [0.15, 0.2) is 58.4 Å². The molecular weight excluding hydrogens is 418 g/mol. The number of carbonyl (C=O) groups excluding carboxylic acids is 1. The Morgan fingerprint density at radius 1 is 1.20 bits per heavy atom. The number of aryl methyl sites for hydroxylation is 2. The van der Waals surface area contributed by atoms with Gasteiger partial charge in [0, 0.05) is 19.6 Å². The topological polar surface area (TPSA) is 71.7 Å². The molecule has 8 heteroatoms. The Morgan fingerprint density at radius 3 is 2.70 bits per heavy atom. The van der Waals surface area contributed by atoms with Gasteiger partial charge in [0.05, 0.1) is 21.0 Å². The zero-order valence-corrected chi connectivity index (χ0v) is 18.7. The van der Waals surface area contributed by atoms with Gasteiger partial charge in [0.25, 0.3) is 5.91 Å². The number of aromatic nitrogens is 1. The van der Waals surface area contributed by atoms with Gasteiger partial charge in [-0.2, -0.15) is 9.30 Å². The summed E-state index contributed by atoms with van der Waals surface area (Å²) >= 11 is 1.50. The highest BCUT2D eigenvalue weighted by molar-refractivity contribution is 7.89. The van der Waals surface area contributed by atoms with Crippen molar-refractivity contribution >= 4 is 37.5 Å². The molecule has 1 aromatic heterocycles. The van der Waals surface area contributed by atoms with Gasteiger partial charge in [-0.3, -0.25) is 4.79 Å². The molecule has 1 saturated heterocycles. The van der Waals surface area contributed by atoms with Gasteiger partial charge in [0.15, 0.2) is 4.80 Å². The second-order valence-electron chi connectivity index (χ2n) is 7.57. The summed E-state index contributed by atoms with van der Waals surface area (Å²) < 4.78 is 30.5. The number of hydrogen-bond donors (Lipinski definition) is 0. The van der Waals surface area contributed by atoms with Crippen LogP contribution in [0.1, 0.15) is 25.3 Å². The normalized spacial score (nSPS) is 18.7. The maximum atomic E-state index is 13.0. The minimum Gasteiger partial charge on any atom is -0.317 e. The third-order valence-electron chi connectivity index (χ3n) is 5.47. The first-order valence-electron chi connectivity index (χ1n) is 10.1. The second kappa shape index (κ2) is 8.45. The molecule has 0 radical (unpaired) electrons. The van der Waals surface area contributed by atoms with Crippen molar-refractivity contribution in [3.05, 3.63) is 58.9 Å². The summed E-state index contributed by atoms with van der Waals surface area (Å²) in [6.07, 6.45) is 1.30. The molecule has 2 heterocycles. The molecule has 1 atom stereocenters. The second-order valence-corrected chi connectivity index (χ2v) is 10.5. The molecule has 3 aromatic rings. The molecule has 0 spiro atoms. The summed E-state index contributed by atoms with van der Waals surface area (Å²) in [7, 11) is -3.60. The molecule has 0 saturated carbocycles. The Labute approximate surface area is 180 Å². The Hall–Kier alpha value is -2.29. The third-order valence-corrected chi connectivity index (χ3v) is 8.40. The number of thiazole rings is 1. The van der Waals surface area contributed by atoms with Crippen LogP contribution >= 0.6 is 11.3 Å². The van der Waals surface area contributed by atoms with Gasteiger partial charge in [-0.05, 0) is 56.5 Å². The van der Waals surface area contributed by atoms with E-state index in [0.717, 1.165) is 10.2 Å². The summed E-state index contributed by atoms with van der Waals surface area (Å²) in [6.45, 7) is 5.40. The van der Waals surface area contributed by atoms with Crippen molar-refractivity contribution in [2.45, 2.75) is 38.1 Å². The fourth-order valence-corrected chi connectivity index (χ4v) is 6.60. The number of piperidine rings is 1. The van der Waals surface area contributed by atoms with Gasteiger partial charge in [0.2, 0.25) is 10.0 Å². The van der Waals surface area contributed by atoms with Crippen LogP contribution in [0.4, 0.5) is 0 Å². The van der Waals surface area contributed by atoms with E-state index >= 15 is 0 Å². The minimum absolute atomic E-state index is 0.176. The van der Waals surface area contributed by atoms with Crippen molar-refractivity contribution in [3.8, 4) is 0 Å². The van der Waals surface area contributed by atoms with Gasteiger partial charge < -0.3 is 4.57 Å². The Kier molecular flexibility index (Phi) is 5.90. The van der Waals surface area contributed by atoms with Crippen LogP contribution < -0.4 is 4.80 Å². The van der Waals surface area contributed by atoms with E-state index in [2.05, 4.69) is 23.2 Å². The van der Waals surface area contributed by atoms with Crippen molar-refractivity contribution in [2.24, 2.45) is 10.9 Å². The predicted molar refractivity (Wildman–Crippen MR) is 119 cm³/mol. The highest BCUT2D eigenvalue weighted by Crippen LogP contribution is 2.25. The van der Waals surface area contributed by atoms with Crippen LogP contribution in [-0.2, 0) is 21.4 Å². The van der Waals surface area contributed by atoms with Crippen molar-refractivity contribution in [1.29, 1.82) is 0 Å². The molecule has 1 aliphatic heterocycles. The first-order chi connectivity index (χ1) is 14.4. The number of rotatable bonds is 4. The quantitative estimate of drug-likeness (QED) is 0.619. The average Bonchev–Trinajstić information content (AvgIpc) is 3.10. The van der Waals surface area contributed by atoms with E-state index in [9.17, 15) is 13.2 Å². The van der Waals surface area contributed by atoms with E-state index in [1.165, 1.54) is 21.2 Å². The molecule has 1 unspecified atom stereocenters. The van der Waals surface area contributed by atoms with E-state index in [1.54, 1.807) is 30.3 Å². The van der Waals surface area contributed by atoms with E-state index in [-0.39, 0.29) is 17.3 Å². The average molecular weight is 444 g/mol. The van der Waals surface area contributed by atoms with Crippen LogP contribution in [0, 0.1) is 12.8 Å². The van der Waals surface area contributed by atoms with E-state index in [4.69, 9.17) is 0 Å². The van der Waals surface area contributed by atoms with E-state index in [0.29, 0.717) is 30.7 Å². The highest BCUT2D eigenvalue weighted by Gasteiger charge is 2.33. The summed E-state index contributed by atoms with van der Waals surface area (Å²) in [6, 6.07) is 14.6. The lowest BCUT2D eigenvalue weighted by molar-refractivity contribution is -0.122. The van der Waals surface area contributed by atoms with Crippen molar-refractivity contribution in [2.75, 3.05) is 13.1 Å². The largest absolute Gasteiger partial charge is 0.317 e. The highest BCUT2D eigenvalue weighted by atomic mass is 32.2. The lowest BCUT2D eigenvalue weighted by Gasteiger charge is -2.30. The fraction of sp³-hybridized carbons (Fsp3) is 0.364. The molecular formula is C22H25N3O3S2.